The third kappa shape index (κ3) is 4.11. The van der Waals surface area contributed by atoms with Gasteiger partial charge in [-0.05, 0) is 18.1 Å². The van der Waals surface area contributed by atoms with Gasteiger partial charge in [0.15, 0.2) is 6.10 Å². The Bertz CT molecular complexity index is 867. The first-order valence-corrected chi connectivity index (χ1v) is 8.60. The van der Waals surface area contributed by atoms with Crippen LogP contribution in [0.15, 0.2) is 91.0 Å². The average Bonchev–Trinajstić information content (AvgIpc) is 2.73. The number of ether oxygens (including phenoxy) is 1. The molecule has 0 aliphatic carbocycles. The Morgan fingerprint density at radius 2 is 1.19 bits per heavy atom. The number of ketones is 1. The zero-order chi connectivity index (χ0) is 19.3. The van der Waals surface area contributed by atoms with Crippen molar-refractivity contribution in [3.05, 3.63) is 108 Å². The average molecular weight is 362 g/mol. The standard InChI is InChI=1S/C23H19FO3/c1-23(24,21(25)19-15-9-4-10-16-19)22(26)27-20(17-11-5-2-6-12-17)18-13-7-3-8-14-18/h2-16,20H,1H3. The number of esters is 1. The van der Waals surface area contributed by atoms with Crippen LogP contribution in [0.25, 0.3) is 0 Å². The lowest BCUT2D eigenvalue weighted by molar-refractivity contribution is -0.157. The molecule has 1 atom stereocenters. The Morgan fingerprint density at radius 3 is 1.63 bits per heavy atom. The molecule has 0 fully saturated rings. The Kier molecular flexibility index (Phi) is 5.46. The zero-order valence-electron chi connectivity index (χ0n) is 14.8. The minimum Gasteiger partial charge on any atom is -0.450 e. The zero-order valence-corrected chi connectivity index (χ0v) is 14.8. The largest absolute Gasteiger partial charge is 0.450 e. The third-order valence-corrected chi connectivity index (χ3v) is 4.28. The van der Waals surface area contributed by atoms with Gasteiger partial charge in [0.25, 0.3) is 5.67 Å². The second-order valence-electron chi connectivity index (χ2n) is 6.30. The highest BCUT2D eigenvalue weighted by Crippen LogP contribution is 2.29. The van der Waals surface area contributed by atoms with Crippen LogP contribution in [0.4, 0.5) is 4.39 Å². The molecule has 0 radical (unpaired) electrons. The van der Waals surface area contributed by atoms with E-state index in [1.807, 2.05) is 36.4 Å². The number of carbonyl (C=O) groups excluding carboxylic acids is 2. The van der Waals surface area contributed by atoms with Gasteiger partial charge in [0, 0.05) is 5.56 Å². The van der Waals surface area contributed by atoms with Crippen molar-refractivity contribution in [2.75, 3.05) is 0 Å². The van der Waals surface area contributed by atoms with Crippen LogP contribution in [0.1, 0.15) is 34.5 Å². The summed E-state index contributed by atoms with van der Waals surface area (Å²) in [7, 11) is 0. The van der Waals surface area contributed by atoms with Gasteiger partial charge in [-0.3, -0.25) is 4.79 Å². The highest BCUT2D eigenvalue weighted by Gasteiger charge is 2.44. The molecule has 0 N–H and O–H groups in total. The Labute approximate surface area is 157 Å². The molecular formula is C23H19FO3. The fraction of sp³-hybridized carbons (Fsp3) is 0.130. The molecule has 0 saturated carbocycles. The summed E-state index contributed by atoms with van der Waals surface area (Å²) in [5.74, 6) is -2.14. The Morgan fingerprint density at radius 1 is 0.778 bits per heavy atom. The van der Waals surface area contributed by atoms with Gasteiger partial charge in [0.1, 0.15) is 0 Å². The predicted molar refractivity (Wildman–Crippen MR) is 101 cm³/mol. The van der Waals surface area contributed by atoms with Crippen molar-refractivity contribution in [2.45, 2.75) is 18.7 Å². The summed E-state index contributed by atoms with van der Waals surface area (Å²) in [5, 5.41) is 0. The van der Waals surface area contributed by atoms with Gasteiger partial charge in [0.05, 0.1) is 0 Å². The van der Waals surface area contributed by atoms with E-state index in [1.165, 1.54) is 12.1 Å². The van der Waals surface area contributed by atoms with Gasteiger partial charge in [-0.25, -0.2) is 9.18 Å². The quantitative estimate of drug-likeness (QED) is 0.355. The van der Waals surface area contributed by atoms with Gasteiger partial charge < -0.3 is 4.74 Å². The number of rotatable bonds is 6. The Balaban J connectivity index is 1.89. The fourth-order valence-electron chi connectivity index (χ4n) is 2.76. The monoisotopic (exact) mass is 362 g/mol. The molecule has 4 heteroatoms. The van der Waals surface area contributed by atoms with Crippen LogP contribution in [-0.2, 0) is 9.53 Å². The summed E-state index contributed by atoms with van der Waals surface area (Å²) in [6.07, 6.45) is -0.807. The lowest BCUT2D eigenvalue weighted by atomic mass is 9.96. The molecule has 3 aromatic rings. The van der Waals surface area contributed by atoms with Crippen LogP contribution in [0, 0.1) is 0 Å². The first kappa shape index (κ1) is 18.5. The molecule has 0 aromatic heterocycles. The number of Topliss-reactive ketones (excluding diaryl/α,β-unsaturated/α-hetero) is 1. The van der Waals surface area contributed by atoms with Crippen molar-refractivity contribution in [3.8, 4) is 0 Å². The van der Waals surface area contributed by atoms with Crippen LogP contribution in [0.5, 0.6) is 0 Å². The SMILES string of the molecule is CC(F)(C(=O)OC(c1ccccc1)c1ccccc1)C(=O)c1ccccc1. The van der Waals surface area contributed by atoms with Gasteiger partial charge >= 0.3 is 5.97 Å². The molecule has 0 aliphatic heterocycles. The molecule has 0 aliphatic rings. The summed E-state index contributed by atoms with van der Waals surface area (Å²) < 4.78 is 20.6. The van der Waals surface area contributed by atoms with Crippen LogP contribution < -0.4 is 0 Å². The Hall–Kier alpha value is -3.27. The molecule has 3 rings (SSSR count). The lowest BCUT2D eigenvalue weighted by Gasteiger charge is -2.23. The van der Waals surface area contributed by atoms with Crippen molar-refractivity contribution < 1.29 is 18.7 Å². The highest BCUT2D eigenvalue weighted by atomic mass is 19.1. The maximum Gasteiger partial charge on any atom is 0.352 e. The summed E-state index contributed by atoms with van der Waals surface area (Å²) >= 11 is 0. The van der Waals surface area contributed by atoms with Gasteiger partial charge in [-0.15, -0.1) is 0 Å². The van der Waals surface area contributed by atoms with Crippen LogP contribution >= 0.6 is 0 Å². The van der Waals surface area contributed by atoms with Crippen molar-refractivity contribution in [3.63, 3.8) is 0 Å². The first-order valence-electron chi connectivity index (χ1n) is 8.60. The number of alkyl halides is 1. The number of hydrogen-bond donors (Lipinski definition) is 0. The smallest absolute Gasteiger partial charge is 0.352 e. The minimum atomic E-state index is -2.79. The molecule has 1 unspecified atom stereocenters. The molecule has 3 aromatic carbocycles. The molecule has 27 heavy (non-hydrogen) atoms. The van der Waals surface area contributed by atoms with Crippen LogP contribution in [0.2, 0.25) is 0 Å². The molecule has 3 nitrogen and oxygen atoms in total. The van der Waals surface area contributed by atoms with Gasteiger partial charge in [-0.1, -0.05) is 91.0 Å². The van der Waals surface area contributed by atoms with Crippen molar-refractivity contribution in [1.82, 2.24) is 0 Å². The molecule has 0 saturated heterocycles. The summed E-state index contributed by atoms with van der Waals surface area (Å²) in [6, 6.07) is 26.0. The molecule has 0 spiro atoms. The number of halogens is 1. The van der Waals surface area contributed by atoms with Crippen molar-refractivity contribution >= 4 is 11.8 Å². The summed E-state index contributed by atoms with van der Waals surface area (Å²) in [4.78, 5) is 25.1. The van der Waals surface area contributed by atoms with E-state index in [2.05, 4.69) is 0 Å². The lowest BCUT2D eigenvalue weighted by Crippen LogP contribution is -2.41. The number of hydrogen-bond acceptors (Lipinski definition) is 3. The van der Waals surface area contributed by atoms with E-state index < -0.39 is 23.5 Å². The third-order valence-electron chi connectivity index (χ3n) is 4.28. The molecule has 0 amide bonds. The van der Waals surface area contributed by atoms with E-state index in [4.69, 9.17) is 4.74 Å². The van der Waals surface area contributed by atoms with Crippen LogP contribution in [-0.4, -0.2) is 17.4 Å². The fourth-order valence-corrected chi connectivity index (χ4v) is 2.76. The highest BCUT2D eigenvalue weighted by molar-refractivity contribution is 6.15. The topological polar surface area (TPSA) is 43.4 Å². The minimum absolute atomic E-state index is 0.121. The maximum absolute atomic E-state index is 15.1. The molecule has 0 heterocycles. The van der Waals surface area contributed by atoms with Crippen molar-refractivity contribution in [1.29, 1.82) is 0 Å². The maximum atomic E-state index is 15.1. The van der Waals surface area contributed by atoms with E-state index in [9.17, 15) is 9.59 Å². The predicted octanol–water partition coefficient (Wildman–Crippen LogP) is 4.93. The van der Waals surface area contributed by atoms with E-state index >= 15 is 4.39 Å². The van der Waals surface area contributed by atoms with Gasteiger partial charge in [-0.2, -0.15) is 0 Å². The van der Waals surface area contributed by atoms with Crippen molar-refractivity contribution in [2.24, 2.45) is 0 Å². The second kappa shape index (κ2) is 7.96. The van der Waals surface area contributed by atoms with E-state index in [-0.39, 0.29) is 5.56 Å². The second-order valence-corrected chi connectivity index (χ2v) is 6.30. The number of carbonyl (C=O) groups is 2. The van der Waals surface area contributed by atoms with E-state index in [0.717, 1.165) is 6.92 Å². The van der Waals surface area contributed by atoms with E-state index in [1.54, 1.807) is 42.5 Å². The number of benzene rings is 3. The summed E-state index contributed by atoms with van der Waals surface area (Å²) in [5.41, 5.74) is -1.28. The molecule has 136 valence electrons. The van der Waals surface area contributed by atoms with E-state index in [0.29, 0.717) is 11.1 Å². The normalized spacial score (nSPS) is 13.0. The molecule has 0 bridgehead atoms. The van der Waals surface area contributed by atoms with Crippen LogP contribution in [0.3, 0.4) is 0 Å². The summed E-state index contributed by atoms with van der Waals surface area (Å²) in [6.45, 7) is 0.942. The van der Waals surface area contributed by atoms with Gasteiger partial charge in [0.2, 0.25) is 5.78 Å². The molecular weight excluding hydrogens is 343 g/mol. The first-order chi connectivity index (χ1) is 13.0.